The van der Waals surface area contributed by atoms with Gasteiger partial charge in [-0.05, 0) is 64.3 Å². The first-order valence-corrected chi connectivity index (χ1v) is 11.7. The minimum absolute atomic E-state index is 0.640. The maximum absolute atomic E-state index is 9.05. The molecule has 2 heterocycles. The number of H-pyrrole nitrogens is 1. The largest absolute Gasteiger partial charge is 0.342 e. The molecule has 25 heavy (non-hydrogen) atoms. The maximum atomic E-state index is 9.05. The number of aromatic nitrogens is 3. The lowest BCUT2D eigenvalue weighted by molar-refractivity contribution is 1.03. The van der Waals surface area contributed by atoms with Gasteiger partial charge >= 0.3 is 0 Å². The van der Waals surface area contributed by atoms with Gasteiger partial charge in [0.1, 0.15) is 5.82 Å². The number of fused-ring (bicyclic) bond motifs is 2. The van der Waals surface area contributed by atoms with Crippen molar-refractivity contribution in [1.29, 1.82) is 5.26 Å². The summed E-state index contributed by atoms with van der Waals surface area (Å²) in [6.07, 6.45) is 2.81. The third-order valence-corrected chi connectivity index (χ3v) is 6.63. The van der Waals surface area contributed by atoms with Crippen LogP contribution in [0.2, 0.25) is 0 Å². The van der Waals surface area contributed by atoms with Crippen molar-refractivity contribution in [2.24, 2.45) is 0 Å². The van der Waals surface area contributed by atoms with Crippen molar-refractivity contribution in [3.63, 3.8) is 0 Å². The number of nitriles is 1. The molecule has 0 aliphatic rings. The minimum Gasteiger partial charge on any atom is -0.342 e. The highest BCUT2D eigenvalue weighted by Gasteiger charge is 2.15. The molecule has 0 saturated heterocycles. The van der Waals surface area contributed by atoms with E-state index in [0.29, 0.717) is 5.56 Å². The van der Waals surface area contributed by atoms with Crippen molar-refractivity contribution >= 4 is 68.2 Å². The quantitative estimate of drug-likeness (QED) is 0.341. The Balaban J connectivity index is 1.83. The maximum Gasteiger partial charge on any atom is 0.111 e. The van der Waals surface area contributed by atoms with Crippen LogP contribution < -0.4 is 0 Å². The topological polar surface area (TPSA) is 57.4 Å². The van der Waals surface area contributed by atoms with Crippen LogP contribution in [0.15, 0.2) is 41.0 Å². The first-order chi connectivity index (χ1) is 12.1. The molecule has 0 saturated carbocycles. The first kappa shape index (κ1) is 16.9. The normalized spacial score (nSPS) is 11.3. The van der Waals surface area contributed by atoms with Gasteiger partial charge in [-0.15, -0.1) is 0 Å². The van der Waals surface area contributed by atoms with Crippen LogP contribution in [0.4, 0.5) is 0 Å². The van der Waals surface area contributed by atoms with Crippen molar-refractivity contribution in [1.82, 2.24) is 13.9 Å². The van der Waals surface area contributed by atoms with Gasteiger partial charge in [-0.2, -0.15) is 5.26 Å². The van der Waals surface area contributed by atoms with Crippen LogP contribution in [0.3, 0.4) is 0 Å². The molecule has 4 nitrogen and oxygen atoms in total. The van der Waals surface area contributed by atoms with Gasteiger partial charge in [0.25, 0.3) is 0 Å². The summed E-state index contributed by atoms with van der Waals surface area (Å²) in [4.78, 5) is 8.05. The van der Waals surface area contributed by atoms with E-state index < -0.39 is 0 Å². The Bertz CT molecular complexity index is 1160. The number of benzene rings is 2. The predicted molar refractivity (Wildman–Crippen MR) is 115 cm³/mol. The molecule has 0 fully saturated rings. The van der Waals surface area contributed by atoms with Crippen molar-refractivity contribution in [2.75, 3.05) is 0 Å². The van der Waals surface area contributed by atoms with E-state index in [1.54, 1.807) is 15.2 Å². The summed E-state index contributed by atoms with van der Waals surface area (Å²) in [7, 11) is 1.65. The predicted octanol–water partition coefficient (Wildman–Crippen LogP) is 5.90. The molecule has 0 aliphatic heterocycles. The number of halogens is 2. The van der Waals surface area contributed by atoms with E-state index in [0.717, 1.165) is 27.8 Å². The summed E-state index contributed by atoms with van der Waals surface area (Å²) >= 11 is 5.98. The van der Waals surface area contributed by atoms with Gasteiger partial charge in [-0.3, -0.25) is 3.97 Å². The van der Waals surface area contributed by atoms with Crippen LogP contribution in [-0.2, 0) is 6.42 Å². The van der Waals surface area contributed by atoms with Gasteiger partial charge in [0.15, 0.2) is 0 Å². The molecule has 2 aromatic heterocycles. The smallest absolute Gasteiger partial charge is 0.111 e. The Kier molecular flexibility index (Phi) is 4.52. The lowest BCUT2D eigenvalue weighted by Gasteiger charge is -2.09. The number of aromatic amines is 1. The Labute approximate surface area is 169 Å². The van der Waals surface area contributed by atoms with Crippen LogP contribution in [0.5, 0.6) is 0 Å². The average molecular weight is 523 g/mol. The molecule has 7 heteroatoms. The molecule has 0 unspecified atom stereocenters. The summed E-state index contributed by atoms with van der Waals surface area (Å²) in [6.45, 7) is 2.13. The lowest BCUT2D eigenvalue weighted by atomic mass is 10.0. The molecule has 0 atom stereocenters. The van der Waals surface area contributed by atoms with E-state index in [9.17, 15) is 0 Å². The summed E-state index contributed by atoms with van der Waals surface area (Å²) in [5.74, 6) is 0.909. The monoisotopic (exact) mass is 522 g/mol. The van der Waals surface area contributed by atoms with Gasteiger partial charge < -0.3 is 4.98 Å². The number of nitrogens with one attached hydrogen (secondary N) is 1. The van der Waals surface area contributed by atoms with E-state index in [1.165, 1.54) is 22.0 Å². The highest BCUT2D eigenvalue weighted by Crippen LogP contribution is 2.35. The molecule has 0 aliphatic carbocycles. The molecule has 4 aromatic rings. The zero-order valence-electron chi connectivity index (χ0n) is 13.2. The molecule has 4 rings (SSSR count). The summed E-state index contributed by atoms with van der Waals surface area (Å²) in [5, 5.41) is 10.3. The zero-order valence-corrected chi connectivity index (χ0v) is 17.7. The number of imidazole rings is 1. The van der Waals surface area contributed by atoms with E-state index in [4.69, 9.17) is 10.2 Å². The third-order valence-electron chi connectivity index (χ3n) is 4.30. The SMILES string of the molecule is Cc1cc(Br)c2c(ccn2SI)c1Cc1nc2ccc(C#N)cc2[nH]1. The Morgan fingerprint density at radius 1 is 1.36 bits per heavy atom. The molecule has 0 bridgehead atoms. The van der Waals surface area contributed by atoms with Crippen molar-refractivity contribution in [3.05, 3.63) is 63.5 Å². The van der Waals surface area contributed by atoms with Crippen LogP contribution in [0.25, 0.3) is 21.9 Å². The average Bonchev–Trinajstić information content (AvgIpc) is 3.21. The van der Waals surface area contributed by atoms with Crippen LogP contribution >= 0.6 is 46.3 Å². The highest BCUT2D eigenvalue weighted by molar-refractivity contribution is 14.2. The lowest BCUT2D eigenvalue weighted by Crippen LogP contribution is -1.96. The van der Waals surface area contributed by atoms with E-state index in [-0.39, 0.29) is 0 Å². The molecular weight excluding hydrogens is 511 g/mol. The van der Waals surface area contributed by atoms with Crippen molar-refractivity contribution < 1.29 is 0 Å². The fourth-order valence-corrected chi connectivity index (χ4v) is 5.35. The summed E-state index contributed by atoms with van der Waals surface area (Å²) < 4.78 is 3.25. The van der Waals surface area contributed by atoms with E-state index in [2.05, 4.69) is 77.4 Å². The first-order valence-electron chi connectivity index (χ1n) is 7.57. The Hall–Kier alpha value is -1.50. The number of hydrogen-bond acceptors (Lipinski definition) is 3. The molecule has 2 aromatic carbocycles. The number of hydrogen-bond donors (Lipinski definition) is 1. The highest BCUT2D eigenvalue weighted by atomic mass is 127. The van der Waals surface area contributed by atoms with Crippen molar-refractivity contribution in [3.8, 4) is 6.07 Å². The van der Waals surface area contributed by atoms with Crippen LogP contribution in [0, 0.1) is 18.3 Å². The molecule has 0 radical (unpaired) electrons. The zero-order chi connectivity index (χ0) is 17.6. The number of rotatable bonds is 3. The minimum atomic E-state index is 0.640. The summed E-state index contributed by atoms with van der Waals surface area (Å²) in [5.41, 5.74) is 6.11. The van der Waals surface area contributed by atoms with Gasteiger partial charge in [0.2, 0.25) is 0 Å². The Morgan fingerprint density at radius 3 is 2.96 bits per heavy atom. The van der Waals surface area contributed by atoms with Crippen LogP contribution in [0.1, 0.15) is 22.5 Å². The van der Waals surface area contributed by atoms with Gasteiger partial charge in [0.05, 0.1) is 28.2 Å². The molecule has 1 N–H and O–H groups in total. The summed E-state index contributed by atoms with van der Waals surface area (Å²) in [6, 6.07) is 12.0. The molecule has 0 amide bonds. The number of nitrogens with zero attached hydrogens (tertiary/aromatic N) is 3. The van der Waals surface area contributed by atoms with Gasteiger partial charge in [-0.25, -0.2) is 4.98 Å². The fraction of sp³-hybridized carbons (Fsp3) is 0.111. The second-order valence-electron chi connectivity index (χ2n) is 5.83. The molecule has 0 spiro atoms. The van der Waals surface area contributed by atoms with Crippen molar-refractivity contribution in [2.45, 2.75) is 13.3 Å². The van der Waals surface area contributed by atoms with E-state index >= 15 is 0 Å². The van der Waals surface area contributed by atoms with Gasteiger partial charge in [0, 0.05) is 52.8 Å². The van der Waals surface area contributed by atoms with Gasteiger partial charge in [-0.1, -0.05) is 0 Å². The van der Waals surface area contributed by atoms with Crippen LogP contribution in [-0.4, -0.2) is 13.9 Å². The number of aryl methyl sites for hydroxylation is 1. The second-order valence-corrected chi connectivity index (χ2v) is 8.40. The molecular formula is C18H12BrIN4S. The third kappa shape index (κ3) is 2.96. The van der Waals surface area contributed by atoms with E-state index in [1.807, 2.05) is 12.1 Å². The standard InChI is InChI=1S/C18H12BrIN4S/c1-10-6-14(19)18-12(4-5-24(18)25-20)13(10)8-17-22-15-3-2-11(9-21)7-16(15)23-17/h2-7H,8H2,1H3,(H,22,23). The molecule has 124 valence electrons. The Morgan fingerprint density at radius 2 is 2.20 bits per heavy atom. The second kappa shape index (κ2) is 6.67. The fourth-order valence-electron chi connectivity index (χ4n) is 3.13.